The van der Waals surface area contributed by atoms with Crippen LogP contribution < -0.4 is 19.7 Å². The minimum Gasteiger partial charge on any atom is -0.493 e. The van der Waals surface area contributed by atoms with Gasteiger partial charge >= 0.3 is 0 Å². The molecule has 182 valence electrons. The van der Waals surface area contributed by atoms with Crippen LogP contribution in [0.4, 0.5) is 11.4 Å². The molecule has 9 nitrogen and oxygen atoms in total. The SMILES string of the molecule is COc1cc(/C=C2/C(=O)NC(=S)N(c3ccccc3)C2=O)cc(I)c1OCc1ccc([N+](=O)[O-])cc1. The Hall–Kier alpha value is -3.84. The molecule has 1 N–H and O–H groups in total. The number of carbonyl (C=O) groups excluding carboxylic acids is 2. The van der Waals surface area contributed by atoms with Gasteiger partial charge in [0, 0.05) is 12.1 Å². The van der Waals surface area contributed by atoms with Crippen LogP contribution in [0.25, 0.3) is 6.08 Å². The third-order valence-corrected chi connectivity index (χ3v) is 6.30. The van der Waals surface area contributed by atoms with Crippen LogP contribution in [-0.2, 0) is 16.2 Å². The number of para-hydroxylation sites is 1. The Labute approximate surface area is 225 Å². The van der Waals surface area contributed by atoms with E-state index in [1.165, 1.54) is 30.2 Å². The van der Waals surface area contributed by atoms with E-state index in [-0.39, 0.29) is 23.0 Å². The van der Waals surface area contributed by atoms with Gasteiger partial charge in [-0.15, -0.1) is 0 Å². The highest BCUT2D eigenvalue weighted by Gasteiger charge is 2.34. The van der Waals surface area contributed by atoms with Crippen LogP contribution in [-0.4, -0.2) is 29.0 Å². The van der Waals surface area contributed by atoms with Crippen LogP contribution in [0.1, 0.15) is 11.1 Å². The molecule has 1 aliphatic heterocycles. The zero-order valence-electron chi connectivity index (χ0n) is 18.8. The van der Waals surface area contributed by atoms with E-state index < -0.39 is 16.7 Å². The van der Waals surface area contributed by atoms with Gasteiger partial charge in [-0.2, -0.15) is 0 Å². The minimum atomic E-state index is -0.593. The summed E-state index contributed by atoms with van der Waals surface area (Å²) >= 11 is 7.30. The lowest BCUT2D eigenvalue weighted by molar-refractivity contribution is -0.384. The summed E-state index contributed by atoms with van der Waals surface area (Å²) in [6.07, 6.45) is 1.47. The van der Waals surface area contributed by atoms with Crippen molar-refractivity contribution in [1.82, 2.24) is 5.32 Å². The molecule has 0 aliphatic carbocycles. The zero-order valence-corrected chi connectivity index (χ0v) is 21.7. The summed E-state index contributed by atoms with van der Waals surface area (Å²) in [6, 6.07) is 18.3. The maximum Gasteiger partial charge on any atom is 0.270 e. The molecule has 0 unspecified atom stereocenters. The molecule has 11 heteroatoms. The largest absolute Gasteiger partial charge is 0.493 e. The Morgan fingerprint density at radius 2 is 1.81 bits per heavy atom. The number of carbonyl (C=O) groups is 2. The summed E-state index contributed by atoms with van der Waals surface area (Å²) in [4.78, 5) is 37.5. The van der Waals surface area contributed by atoms with Gasteiger partial charge in [0.25, 0.3) is 17.5 Å². The van der Waals surface area contributed by atoms with E-state index in [4.69, 9.17) is 21.7 Å². The highest BCUT2D eigenvalue weighted by atomic mass is 127. The second-order valence-corrected chi connectivity index (χ2v) is 9.09. The van der Waals surface area contributed by atoms with E-state index in [2.05, 4.69) is 27.9 Å². The summed E-state index contributed by atoms with van der Waals surface area (Å²) in [5.74, 6) is -0.271. The molecule has 0 aromatic heterocycles. The second kappa shape index (κ2) is 10.8. The maximum absolute atomic E-state index is 13.2. The van der Waals surface area contributed by atoms with E-state index in [1.54, 1.807) is 48.5 Å². The zero-order chi connectivity index (χ0) is 25.8. The van der Waals surface area contributed by atoms with Crippen LogP contribution in [0.5, 0.6) is 11.5 Å². The number of halogens is 1. The molecule has 1 fully saturated rings. The van der Waals surface area contributed by atoms with Crippen LogP contribution in [0, 0.1) is 13.7 Å². The number of ether oxygens (including phenoxy) is 2. The average molecular weight is 615 g/mol. The maximum atomic E-state index is 13.2. The van der Waals surface area contributed by atoms with Gasteiger partial charge in [-0.05, 0) is 88.4 Å². The molecule has 0 bridgehead atoms. The van der Waals surface area contributed by atoms with E-state index >= 15 is 0 Å². The predicted molar refractivity (Wildman–Crippen MR) is 146 cm³/mol. The molecule has 1 aliphatic rings. The third-order valence-electron chi connectivity index (χ3n) is 5.21. The fourth-order valence-electron chi connectivity index (χ4n) is 3.47. The Morgan fingerprint density at radius 3 is 2.44 bits per heavy atom. The molecule has 36 heavy (non-hydrogen) atoms. The number of hydrogen-bond donors (Lipinski definition) is 1. The number of methoxy groups -OCH3 is 1. The minimum absolute atomic E-state index is 0.00353. The van der Waals surface area contributed by atoms with E-state index in [0.717, 1.165) is 5.56 Å². The number of rotatable bonds is 7. The van der Waals surface area contributed by atoms with E-state index in [1.807, 2.05) is 6.07 Å². The van der Waals surface area contributed by atoms with E-state index in [9.17, 15) is 19.7 Å². The second-order valence-electron chi connectivity index (χ2n) is 7.54. The van der Waals surface area contributed by atoms with Gasteiger partial charge in [-0.3, -0.25) is 29.9 Å². The number of nitro groups is 1. The topological polar surface area (TPSA) is 111 Å². The normalized spacial score (nSPS) is 14.6. The van der Waals surface area contributed by atoms with Gasteiger partial charge in [0.2, 0.25) is 0 Å². The van der Waals surface area contributed by atoms with Crippen LogP contribution >= 0.6 is 34.8 Å². The number of nitrogens with one attached hydrogen (secondary N) is 1. The molecule has 2 amide bonds. The molecular formula is C25H18IN3O6S. The Bertz CT molecular complexity index is 1390. The van der Waals surface area contributed by atoms with Crippen molar-refractivity contribution in [3.63, 3.8) is 0 Å². The van der Waals surface area contributed by atoms with Gasteiger partial charge in [0.05, 0.1) is 21.3 Å². The fourth-order valence-corrected chi connectivity index (χ4v) is 4.53. The summed E-state index contributed by atoms with van der Waals surface area (Å²) in [7, 11) is 1.48. The molecule has 0 atom stereocenters. The molecule has 3 aromatic carbocycles. The number of hydrogen-bond acceptors (Lipinski definition) is 7. The standard InChI is InChI=1S/C25H18IN3O6S/c1-34-21-13-16(12-20(26)22(21)35-14-15-7-9-18(10-8-15)29(32)33)11-19-23(30)27-25(36)28(24(19)31)17-5-3-2-4-6-17/h2-13H,14H2,1H3,(H,27,30,36)/b19-11-. The molecule has 0 saturated carbocycles. The summed E-state index contributed by atoms with van der Waals surface area (Å²) in [5, 5.41) is 13.4. The van der Waals surface area contributed by atoms with Crippen molar-refractivity contribution < 1.29 is 24.0 Å². The van der Waals surface area contributed by atoms with Crippen molar-refractivity contribution in [3.05, 3.63) is 97.1 Å². The first-order chi connectivity index (χ1) is 17.3. The summed E-state index contributed by atoms with van der Waals surface area (Å²) < 4.78 is 12.1. The number of amides is 2. The third kappa shape index (κ3) is 5.36. The molecule has 0 radical (unpaired) electrons. The highest BCUT2D eigenvalue weighted by molar-refractivity contribution is 14.1. The highest BCUT2D eigenvalue weighted by Crippen LogP contribution is 2.35. The number of benzene rings is 3. The van der Waals surface area contributed by atoms with Crippen molar-refractivity contribution in [2.24, 2.45) is 0 Å². The van der Waals surface area contributed by atoms with Crippen LogP contribution in [0.3, 0.4) is 0 Å². The van der Waals surface area contributed by atoms with Crippen molar-refractivity contribution in [3.8, 4) is 11.5 Å². The number of thiocarbonyl (C=S) groups is 1. The van der Waals surface area contributed by atoms with Gasteiger partial charge < -0.3 is 9.47 Å². The first kappa shape index (κ1) is 25.3. The van der Waals surface area contributed by atoms with Crippen LogP contribution in [0.2, 0.25) is 0 Å². The summed E-state index contributed by atoms with van der Waals surface area (Å²) in [6.45, 7) is 0.162. The van der Waals surface area contributed by atoms with E-state index in [0.29, 0.717) is 26.3 Å². The van der Waals surface area contributed by atoms with Gasteiger partial charge in [0.15, 0.2) is 16.6 Å². The molecule has 1 saturated heterocycles. The Kier molecular flexibility index (Phi) is 7.60. The number of nitrogens with zero attached hydrogens (tertiary/aromatic N) is 2. The first-order valence-electron chi connectivity index (χ1n) is 10.5. The lowest BCUT2D eigenvalue weighted by Gasteiger charge is -2.28. The van der Waals surface area contributed by atoms with Crippen molar-refractivity contribution >= 4 is 69.2 Å². The van der Waals surface area contributed by atoms with Crippen molar-refractivity contribution in [1.29, 1.82) is 0 Å². The number of nitro benzene ring substituents is 1. The number of non-ortho nitro benzene ring substituents is 1. The predicted octanol–water partition coefficient (Wildman–Crippen LogP) is 4.62. The summed E-state index contributed by atoms with van der Waals surface area (Å²) in [5.41, 5.74) is 1.76. The lowest BCUT2D eigenvalue weighted by Crippen LogP contribution is -2.54. The first-order valence-corrected chi connectivity index (χ1v) is 12.0. The molecular weight excluding hydrogens is 597 g/mol. The smallest absolute Gasteiger partial charge is 0.270 e. The van der Waals surface area contributed by atoms with Crippen LogP contribution in [0.15, 0.2) is 72.3 Å². The van der Waals surface area contributed by atoms with Crippen molar-refractivity contribution in [2.75, 3.05) is 12.0 Å². The molecule has 1 heterocycles. The monoisotopic (exact) mass is 615 g/mol. The lowest BCUT2D eigenvalue weighted by atomic mass is 10.1. The molecule has 3 aromatic rings. The quantitative estimate of drug-likeness (QED) is 0.103. The van der Waals surface area contributed by atoms with Gasteiger partial charge in [-0.25, -0.2) is 0 Å². The van der Waals surface area contributed by atoms with Gasteiger partial charge in [0.1, 0.15) is 12.2 Å². The Balaban J connectivity index is 1.60. The fraction of sp³-hybridized carbons (Fsp3) is 0.0800. The average Bonchev–Trinajstić information content (AvgIpc) is 2.86. The Morgan fingerprint density at radius 1 is 1.11 bits per heavy atom. The molecule has 4 rings (SSSR count). The number of anilines is 1. The molecule has 0 spiro atoms. The van der Waals surface area contributed by atoms with Crippen molar-refractivity contribution in [2.45, 2.75) is 6.61 Å². The van der Waals surface area contributed by atoms with Gasteiger partial charge in [-0.1, -0.05) is 18.2 Å².